The molecule has 0 unspecified atom stereocenters. The molecule has 134 valence electrons. The second kappa shape index (κ2) is 6.95. The van der Waals surface area contributed by atoms with Gasteiger partial charge in [-0.2, -0.15) is 10.1 Å². The minimum atomic E-state index is -0.441. The van der Waals surface area contributed by atoms with E-state index in [1.807, 2.05) is 33.0 Å². The second-order valence-corrected chi connectivity index (χ2v) is 5.85. The third-order valence-electron chi connectivity index (χ3n) is 3.69. The van der Waals surface area contributed by atoms with Gasteiger partial charge in [0.15, 0.2) is 17.0 Å². The summed E-state index contributed by atoms with van der Waals surface area (Å²) >= 11 is 0. The monoisotopic (exact) mass is 353 g/mol. The molecule has 0 aliphatic carbocycles. The Morgan fingerprint density at radius 3 is 2.65 bits per heavy atom. The molecule has 0 fully saturated rings. The summed E-state index contributed by atoms with van der Waals surface area (Å²) in [5.74, 6) is -0.441. The number of hydrogen-bond donors (Lipinski definition) is 1. The Bertz CT molecular complexity index is 1100. The number of benzene rings is 1. The maximum atomic E-state index is 14.3. The topological polar surface area (TPSA) is 68.2 Å². The van der Waals surface area contributed by atoms with Crippen LogP contribution in [0, 0.1) is 19.7 Å². The van der Waals surface area contributed by atoms with Gasteiger partial charge in [0.2, 0.25) is 0 Å². The quantitative estimate of drug-likeness (QED) is 0.536. The fourth-order valence-corrected chi connectivity index (χ4v) is 2.63. The molecule has 3 aromatic heterocycles. The number of aromatic nitrogens is 4. The summed E-state index contributed by atoms with van der Waals surface area (Å²) in [4.78, 5) is 8.47. The molecule has 4 aromatic rings. The number of hydrogen-bond acceptors (Lipinski definition) is 5. The third-order valence-corrected chi connectivity index (χ3v) is 3.69. The molecule has 4 rings (SSSR count). The highest BCUT2D eigenvalue weighted by atomic mass is 19.1. The van der Waals surface area contributed by atoms with E-state index in [0.29, 0.717) is 16.8 Å². The van der Waals surface area contributed by atoms with E-state index in [9.17, 15) is 4.39 Å². The van der Waals surface area contributed by atoms with Gasteiger partial charge in [0.1, 0.15) is 5.52 Å². The third kappa shape index (κ3) is 3.15. The van der Waals surface area contributed by atoms with Crippen molar-refractivity contribution in [3.63, 3.8) is 0 Å². The maximum Gasteiger partial charge on any atom is 0.295 e. The van der Waals surface area contributed by atoms with Crippen LogP contribution in [0.1, 0.15) is 18.2 Å². The fourth-order valence-electron chi connectivity index (χ4n) is 2.63. The smallest absolute Gasteiger partial charge is 0.295 e. The van der Waals surface area contributed by atoms with Crippen LogP contribution in [0.25, 0.3) is 28.0 Å². The number of aryl methyl sites for hydroxylation is 2. The molecule has 0 aliphatic rings. The first-order valence-corrected chi connectivity index (χ1v) is 8.15. The molecule has 6 nitrogen and oxygen atoms in total. The van der Waals surface area contributed by atoms with Crippen molar-refractivity contribution in [3.05, 3.63) is 54.1 Å². The lowest BCUT2D eigenvalue weighted by Crippen LogP contribution is -1.96. The predicted molar refractivity (Wildman–Crippen MR) is 101 cm³/mol. The van der Waals surface area contributed by atoms with Crippen molar-refractivity contribution in [2.75, 3.05) is 12.4 Å². The number of allylic oxidation sites excluding steroid dienone is 1. The first kappa shape index (κ1) is 17.6. The number of nitrogens with one attached hydrogen (secondary N) is 1. The molecule has 0 spiro atoms. The first-order valence-electron chi connectivity index (χ1n) is 8.15. The Kier molecular flexibility index (Phi) is 4.71. The summed E-state index contributed by atoms with van der Waals surface area (Å²) in [7, 11) is 1.67. The lowest BCUT2D eigenvalue weighted by Gasteiger charge is -2.04. The van der Waals surface area contributed by atoms with Crippen molar-refractivity contribution < 1.29 is 8.81 Å². The van der Waals surface area contributed by atoms with Crippen LogP contribution in [0.3, 0.4) is 0 Å². The van der Waals surface area contributed by atoms with Gasteiger partial charge in [0.05, 0.1) is 17.6 Å². The molecule has 0 atom stereocenters. The minimum Gasteiger partial charge on any atom is -0.423 e. The Morgan fingerprint density at radius 1 is 1.23 bits per heavy atom. The van der Waals surface area contributed by atoms with Crippen LogP contribution in [-0.2, 0) is 0 Å². The van der Waals surface area contributed by atoms with Gasteiger partial charge in [-0.05, 0) is 44.5 Å². The SMILES string of the molecule is C=CC.CNc1nc2c(F)cc(-c3cc(C)c4nc(C)cn4n3)cc2o1. The van der Waals surface area contributed by atoms with Crippen LogP contribution < -0.4 is 5.32 Å². The van der Waals surface area contributed by atoms with Gasteiger partial charge in [-0.3, -0.25) is 0 Å². The molecule has 3 heterocycles. The van der Waals surface area contributed by atoms with E-state index in [1.54, 1.807) is 23.7 Å². The molecular formula is C19H20FN5O. The number of fused-ring (bicyclic) bond motifs is 2. The predicted octanol–water partition coefficient (Wildman–Crippen LogP) is 4.53. The second-order valence-electron chi connectivity index (χ2n) is 5.85. The van der Waals surface area contributed by atoms with Gasteiger partial charge in [-0.25, -0.2) is 13.9 Å². The van der Waals surface area contributed by atoms with E-state index in [4.69, 9.17) is 4.42 Å². The van der Waals surface area contributed by atoms with Gasteiger partial charge in [-0.15, -0.1) is 6.58 Å². The van der Waals surface area contributed by atoms with E-state index >= 15 is 0 Å². The average molecular weight is 353 g/mol. The highest BCUT2D eigenvalue weighted by molar-refractivity contribution is 5.81. The molecule has 0 amide bonds. The highest BCUT2D eigenvalue weighted by Gasteiger charge is 2.14. The zero-order valence-corrected chi connectivity index (χ0v) is 15.2. The summed E-state index contributed by atoms with van der Waals surface area (Å²) in [6.45, 7) is 9.11. The zero-order valence-electron chi connectivity index (χ0n) is 15.2. The van der Waals surface area contributed by atoms with Crippen molar-refractivity contribution in [2.45, 2.75) is 20.8 Å². The Labute approximate surface area is 150 Å². The van der Waals surface area contributed by atoms with Gasteiger partial charge >= 0.3 is 0 Å². The number of nitrogens with zero attached hydrogens (tertiary/aromatic N) is 4. The first-order chi connectivity index (χ1) is 12.5. The molecule has 7 heteroatoms. The van der Waals surface area contributed by atoms with Crippen molar-refractivity contribution in [2.24, 2.45) is 0 Å². The molecule has 0 saturated carbocycles. The van der Waals surface area contributed by atoms with Crippen LogP contribution in [0.5, 0.6) is 0 Å². The summed E-state index contributed by atoms with van der Waals surface area (Å²) < 4.78 is 21.5. The summed E-state index contributed by atoms with van der Waals surface area (Å²) in [5, 5.41) is 7.28. The summed E-state index contributed by atoms with van der Waals surface area (Å²) in [6, 6.07) is 5.32. The van der Waals surface area contributed by atoms with Crippen LogP contribution >= 0.6 is 0 Å². The van der Waals surface area contributed by atoms with E-state index in [0.717, 1.165) is 16.9 Å². The zero-order chi connectivity index (χ0) is 18.8. The normalized spacial score (nSPS) is 10.7. The molecule has 26 heavy (non-hydrogen) atoms. The van der Waals surface area contributed by atoms with Crippen LogP contribution in [0.4, 0.5) is 10.4 Å². The Balaban J connectivity index is 0.000000613. The van der Waals surface area contributed by atoms with Crippen molar-refractivity contribution in [1.29, 1.82) is 0 Å². The highest BCUT2D eigenvalue weighted by Crippen LogP contribution is 2.28. The fraction of sp³-hybridized carbons (Fsp3) is 0.211. The molecule has 1 N–H and O–H groups in total. The maximum absolute atomic E-state index is 14.3. The molecular weight excluding hydrogens is 333 g/mol. The molecule has 0 bridgehead atoms. The van der Waals surface area contributed by atoms with Crippen molar-refractivity contribution >= 4 is 22.8 Å². The standard InChI is InChI=1S/C16H14FN5O.C3H6/c1-8-4-12(21-22-7-9(2)19-15(8)22)10-5-11(17)14-13(6-10)23-16(18-3)20-14;1-3-2/h4-7H,1-3H3,(H,18,20);3H,1H2,2H3. The lowest BCUT2D eigenvalue weighted by molar-refractivity contribution is 0.617. The Hall–Kier alpha value is -3.22. The summed E-state index contributed by atoms with van der Waals surface area (Å²) in [5.41, 5.74) is 4.51. The van der Waals surface area contributed by atoms with Gasteiger partial charge in [0.25, 0.3) is 6.01 Å². The van der Waals surface area contributed by atoms with E-state index in [1.165, 1.54) is 6.07 Å². The van der Waals surface area contributed by atoms with E-state index in [2.05, 4.69) is 27.0 Å². The van der Waals surface area contributed by atoms with Crippen molar-refractivity contribution in [1.82, 2.24) is 19.6 Å². The number of imidazole rings is 1. The number of anilines is 1. The molecule has 0 aliphatic heterocycles. The largest absolute Gasteiger partial charge is 0.423 e. The van der Waals surface area contributed by atoms with E-state index < -0.39 is 5.82 Å². The number of oxazole rings is 1. The van der Waals surface area contributed by atoms with Crippen molar-refractivity contribution in [3.8, 4) is 11.3 Å². The molecule has 0 radical (unpaired) electrons. The molecule has 1 aromatic carbocycles. The van der Waals surface area contributed by atoms with Crippen LogP contribution in [0.2, 0.25) is 0 Å². The Morgan fingerprint density at radius 2 is 1.96 bits per heavy atom. The minimum absolute atomic E-state index is 0.203. The average Bonchev–Trinajstić information content (AvgIpc) is 3.18. The van der Waals surface area contributed by atoms with Gasteiger partial charge < -0.3 is 9.73 Å². The lowest BCUT2D eigenvalue weighted by atomic mass is 10.1. The number of rotatable bonds is 2. The van der Waals surface area contributed by atoms with Gasteiger partial charge in [-0.1, -0.05) is 6.08 Å². The van der Waals surface area contributed by atoms with Crippen LogP contribution in [0.15, 0.2) is 41.5 Å². The number of halogens is 1. The van der Waals surface area contributed by atoms with Crippen LogP contribution in [-0.4, -0.2) is 26.6 Å². The molecule has 0 saturated heterocycles. The summed E-state index contributed by atoms with van der Waals surface area (Å²) in [6.07, 6.45) is 3.59. The van der Waals surface area contributed by atoms with Gasteiger partial charge in [0, 0.05) is 12.6 Å². The van der Waals surface area contributed by atoms with E-state index in [-0.39, 0.29) is 11.5 Å².